The molecule has 0 bridgehead atoms. The van der Waals surface area contributed by atoms with Crippen molar-refractivity contribution in [3.05, 3.63) is 12.3 Å². The van der Waals surface area contributed by atoms with Gasteiger partial charge in [-0.05, 0) is 19.8 Å². The highest BCUT2D eigenvalue weighted by Gasteiger charge is 2.51. The third-order valence-electron chi connectivity index (χ3n) is 1.99. The molecule has 0 radical (unpaired) electrons. The highest BCUT2D eigenvalue weighted by Crippen LogP contribution is 2.38. The molecule has 1 rings (SSSR count). The molecule has 0 aromatic heterocycles. The number of hydrogen-bond donors (Lipinski definition) is 1. The molecule has 1 saturated carbocycles. The number of methoxy groups -OCH3 is 1. The van der Waals surface area contributed by atoms with Crippen LogP contribution in [-0.2, 0) is 14.3 Å². The second-order valence-electron chi connectivity index (χ2n) is 3.24. The Balaban J connectivity index is 0.00000196. The monoisotopic (exact) mass is 201 g/mol. The summed E-state index contributed by atoms with van der Waals surface area (Å²) in [5.74, 6) is -0.219. The molecule has 5 heteroatoms. The Kier molecular flexibility index (Phi) is 2.90. The Morgan fingerprint density at radius 2 is 2.07 bits per heavy atom. The van der Waals surface area contributed by atoms with Crippen LogP contribution in [0, 0.1) is 0 Å². The van der Waals surface area contributed by atoms with Crippen molar-refractivity contribution in [1.29, 1.82) is 0 Å². The maximum Gasteiger partial charge on any atom is 0.419 e. The van der Waals surface area contributed by atoms with Gasteiger partial charge in [-0.2, -0.15) is 0 Å². The molecule has 14 heavy (non-hydrogen) atoms. The lowest BCUT2D eigenvalue weighted by Crippen LogP contribution is -2.41. The first-order valence-corrected chi connectivity index (χ1v) is 4.24. The van der Waals surface area contributed by atoms with Crippen molar-refractivity contribution in [3.63, 3.8) is 0 Å². The number of nitrogens with one attached hydrogen (secondary N) is 1. The molecular formula is C9H15NO4. The Bertz CT molecular complexity index is 286. The second kappa shape index (κ2) is 3.79. The van der Waals surface area contributed by atoms with Gasteiger partial charge in [-0.15, -0.1) is 0 Å². The summed E-state index contributed by atoms with van der Waals surface area (Å²) >= 11 is 0. The summed E-state index contributed by atoms with van der Waals surface area (Å²) in [5.41, 5.74) is -0.811. The van der Waals surface area contributed by atoms with Crippen LogP contribution in [0.15, 0.2) is 12.3 Å². The standard InChI is InChI=1S/C9H13NO4.H2/c1-6(2)14-8(12)10-7(11)9(13-3)4-5-9;/h1,4-5H2,2-3H3,(H,10,11,12);1H. The zero-order valence-electron chi connectivity index (χ0n) is 8.25. The van der Waals surface area contributed by atoms with Crippen LogP contribution >= 0.6 is 0 Å². The quantitative estimate of drug-likeness (QED) is 0.697. The van der Waals surface area contributed by atoms with Crippen LogP contribution in [0.25, 0.3) is 0 Å². The number of alkyl carbamates (subject to hydrolysis) is 1. The van der Waals surface area contributed by atoms with Gasteiger partial charge in [0.2, 0.25) is 0 Å². The molecule has 2 amide bonds. The molecule has 0 saturated heterocycles. The highest BCUT2D eigenvalue weighted by atomic mass is 16.6. The fourth-order valence-corrected chi connectivity index (χ4v) is 1.03. The molecule has 1 aliphatic carbocycles. The van der Waals surface area contributed by atoms with Gasteiger partial charge in [-0.25, -0.2) is 4.79 Å². The lowest BCUT2D eigenvalue weighted by molar-refractivity contribution is -0.132. The van der Waals surface area contributed by atoms with Gasteiger partial charge in [-0.1, -0.05) is 6.58 Å². The zero-order valence-corrected chi connectivity index (χ0v) is 8.25. The minimum atomic E-state index is -0.814. The summed E-state index contributed by atoms with van der Waals surface area (Å²) in [6.45, 7) is 4.90. The van der Waals surface area contributed by atoms with E-state index in [4.69, 9.17) is 4.74 Å². The average molecular weight is 201 g/mol. The van der Waals surface area contributed by atoms with Gasteiger partial charge in [0.05, 0.1) is 5.76 Å². The molecule has 80 valence electrons. The minimum absolute atomic E-state index is 0. The predicted octanol–water partition coefficient (Wildman–Crippen LogP) is 1.20. The summed E-state index contributed by atoms with van der Waals surface area (Å²) in [5, 5.41) is 2.08. The van der Waals surface area contributed by atoms with Gasteiger partial charge in [0.15, 0.2) is 0 Å². The zero-order chi connectivity index (χ0) is 10.8. The highest BCUT2D eigenvalue weighted by molar-refractivity contribution is 5.98. The fraction of sp³-hybridized carbons (Fsp3) is 0.556. The summed E-state index contributed by atoms with van der Waals surface area (Å²) in [4.78, 5) is 22.4. The molecular weight excluding hydrogens is 186 g/mol. The number of rotatable bonds is 3. The lowest BCUT2D eigenvalue weighted by atomic mass is 10.3. The van der Waals surface area contributed by atoms with E-state index in [1.54, 1.807) is 0 Å². The molecule has 1 N–H and O–H groups in total. The number of imide groups is 1. The summed E-state index contributed by atoms with van der Waals surface area (Å²) in [6, 6.07) is 0. The van der Waals surface area contributed by atoms with E-state index in [0.717, 1.165) is 0 Å². The molecule has 0 aromatic rings. The molecule has 1 fully saturated rings. The van der Waals surface area contributed by atoms with Crippen molar-refractivity contribution < 1.29 is 20.5 Å². The van der Waals surface area contributed by atoms with E-state index in [0.29, 0.717) is 12.8 Å². The van der Waals surface area contributed by atoms with Crippen LogP contribution in [0.1, 0.15) is 21.2 Å². The van der Waals surface area contributed by atoms with Crippen LogP contribution < -0.4 is 5.32 Å². The SMILES string of the molecule is C=C(C)OC(=O)NC(=O)C1(OC)CC1.[HH]. The van der Waals surface area contributed by atoms with Crippen LogP contribution in [-0.4, -0.2) is 24.7 Å². The smallest absolute Gasteiger partial charge is 0.416 e. The first-order valence-electron chi connectivity index (χ1n) is 4.24. The van der Waals surface area contributed by atoms with Crippen molar-refractivity contribution in [1.82, 2.24) is 5.32 Å². The Hall–Kier alpha value is -1.36. The minimum Gasteiger partial charge on any atom is -0.416 e. The van der Waals surface area contributed by atoms with Gasteiger partial charge in [0.25, 0.3) is 5.91 Å². The first-order chi connectivity index (χ1) is 6.50. The summed E-state index contributed by atoms with van der Waals surface area (Å²) < 4.78 is 9.54. The van der Waals surface area contributed by atoms with Crippen LogP contribution in [0.3, 0.4) is 0 Å². The number of hydrogen-bond acceptors (Lipinski definition) is 4. The van der Waals surface area contributed by atoms with Crippen molar-refractivity contribution in [2.75, 3.05) is 7.11 Å². The third-order valence-corrected chi connectivity index (χ3v) is 1.99. The molecule has 1 aliphatic rings. The van der Waals surface area contributed by atoms with E-state index < -0.39 is 17.6 Å². The van der Waals surface area contributed by atoms with Gasteiger partial charge < -0.3 is 9.47 Å². The summed E-state index contributed by atoms with van der Waals surface area (Å²) in [7, 11) is 1.44. The number of ether oxygens (including phenoxy) is 2. The van der Waals surface area contributed by atoms with Crippen molar-refractivity contribution in [2.24, 2.45) is 0 Å². The maximum atomic E-state index is 11.4. The number of amides is 2. The average Bonchev–Trinajstić information content (AvgIpc) is 2.82. The van der Waals surface area contributed by atoms with E-state index >= 15 is 0 Å². The Morgan fingerprint density at radius 1 is 1.50 bits per heavy atom. The largest absolute Gasteiger partial charge is 0.419 e. The van der Waals surface area contributed by atoms with E-state index in [-0.39, 0.29) is 7.19 Å². The second-order valence-corrected chi connectivity index (χ2v) is 3.24. The topological polar surface area (TPSA) is 64.6 Å². The van der Waals surface area contributed by atoms with E-state index in [1.165, 1.54) is 14.0 Å². The van der Waals surface area contributed by atoms with Crippen LogP contribution in [0.5, 0.6) is 0 Å². The van der Waals surface area contributed by atoms with Gasteiger partial charge in [0.1, 0.15) is 5.60 Å². The number of carbonyl (C=O) groups is 2. The summed E-state index contributed by atoms with van der Waals surface area (Å²) in [6.07, 6.45) is 0.455. The molecule has 0 heterocycles. The van der Waals surface area contributed by atoms with E-state index in [9.17, 15) is 9.59 Å². The normalized spacial score (nSPS) is 17.0. The molecule has 0 unspecified atom stereocenters. The van der Waals surface area contributed by atoms with Gasteiger partial charge in [-0.3, -0.25) is 10.1 Å². The van der Waals surface area contributed by atoms with Gasteiger partial charge >= 0.3 is 6.09 Å². The Morgan fingerprint density at radius 3 is 2.43 bits per heavy atom. The van der Waals surface area contributed by atoms with Crippen molar-refractivity contribution in [3.8, 4) is 0 Å². The third kappa shape index (κ3) is 2.32. The van der Waals surface area contributed by atoms with Crippen LogP contribution in [0.4, 0.5) is 4.79 Å². The number of allylic oxidation sites excluding steroid dienone is 1. The van der Waals surface area contributed by atoms with E-state index in [2.05, 4.69) is 16.6 Å². The van der Waals surface area contributed by atoms with Crippen LogP contribution in [0.2, 0.25) is 0 Å². The molecule has 5 nitrogen and oxygen atoms in total. The van der Waals surface area contributed by atoms with Gasteiger partial charge in [0, 0.05) is 8.54 Å². The molecule has 0 aliphatic heterocycles. The number of carbonyl (C=O) groups excluding carboxylic acids is 2. The Labute approximate surface area is 83.5 Å². The first kappa shape index (κ1) is 10.7. The van der Waals surface area contributed by atoms with Crippen molar-refractivity contribution in [2.45, 2.75) is 25.4 Å². The lowest BCUT2D eigenvalue weighted by Gasteiger charge is -2.12. The van der Waals surface area contributed by atoms with Crippen molar-refractivity contribution >= 4 is 12.0 Å². The molecule has 0 atom stereocenters. The maximum absolute atomic E-state index is 11.4. The molecule has 0 spiro atoms. The van der Waals surface area contributed by atoms with E-state index in [1.807, 2.05) is 0 Å². The fourth-order valence-electron chi connectivity index (χ4n) is 1.03. The predicted molar refractivity (Wildman–Crippen MR) is 50.5 cm³/mol. The molecule has 0 aromatic carbocycles.